The van der Waals surface area contributed by atoms with Gasteiger partial charge in [0.05, 0.1) is 10.7 Å². The summed E-state index contributed by atoms with van der Waals surface area (Å²) in [4.78, 5) is 23.4. The van der Waals surface area contributed by atoms with Crippen molar-refractivity contribution in [2.24, 2.45) is 0 Å². The molecule has 0 atom stereocenters. The maximum absolute atomic E-state index is 11.8. The molecule has 24 heavy (non-hydrogen) atoms. The first kappa shape index (κ1) is 18.3. The molecule has 126 valence electrons. The number of anilines is 1. The number of hydrogen-bond donors (Lipinski definition) is 1. The van der Waals surface area contributed by atoms with Crippen LogP contribution in [0, 0.1) is 6.92 Å². The Bertz CT molecular complexity index is 751. The second kappa shape index (κ2) is 8.70. The first-order chi connectivity index (χ1) is 11.5. The van der Waals surface area contributed by atoms with Crippen molar-refractivity contribution < 1.29 is 19.1 Å². The number of carbonyl (C=O) groups is 2. The summed E-state index contributed by atoms with van der Waals surface area (Å²) in [5.41, 5.74) is 1.55. The molecule has 1 amide bonds. The molecule has 0 fully saturated rings. The average molecular weight is 413 g/mol. The summed E-state index contributed by atoms with van der Waals surface area (Å²) in [6.45, 7) is 1.16. The molecule has 0 bridgehead atoms. The fourth-order valence-electron chi connectivity index (χ4n) is 1.79. The van der Waals surface area contributed by atoms with E-state index in [-0.39, 0.29) is 6.61 Å². The normalized spacial score (nSPS) is 10.1. The molecule has 0 saturated carbocycles. The zero-order valence-electron chi connectivity index (χ0n) is 12.8. The molecule has 2 aromatic rings. The van der Waals surface area contributed by atoms with Gasteiger partial charge in [0.2, 0.25) is 0 Å². The number of esters is 1. The van der Waals surface area contributed by atoms with E-state index in [2.05, 4.69) is 21.2 Å². The van der Waals surface area contributed by atoms with Crippen LogP contribution in [0.3, 0.4) is 0 Å². The van der Waals surface area contributed by atoms with E-state index >= 15 is 0 Å². The van der Waals surface area contributed by atoms with Crippen molar-refractivity contribution in [1.82, 2.24) is 0 Å². The lowest BCUT2D eigenvalue weighted by atomic mass is 10.2. The van der Waals surface area contributed by atoms with Gasteiger partial charge in [0, 0.05) is 4.47 Å². The van der Waals surface area contributed by atoms with E-state index in [1.165, 1.54) is 0 Å². The largest absolute Gasteiger partial charge is 0.480 e. The van der Waals surface area contributed by atoms with Crippen LogP contribution in [0.1, 0.15) is 5.56 Å². The predicted octanol–water partition coefficient (Wildman–Crippen LogP) is 3.97. The topological polar surface area (TPSA) is 64.6 Å². The average Bonchev–Trinajstić information content (AvgIpc) is 2.56. The Morgan fingerprint density at radius 1 is 1.17 bits per heavy atom. The molecule has 1 N–H and O–H groups in total. The predicted molar refractivity (Wildman–Crippen MR) is 95.4 cm³/mol. The second-order valence-electron chi connectivity index (χ2n) is 4.91. The number of nitrogens with one attached hydrogen (secondary N) is 1. The molecular weight excluding hydrogens is 398 g/mol. The van der Waals surface area contributed by atoms with E-state index in [0.717, 1.165) is 10.0 Å². The van der Waals surface area contributed by atoms with Gasteiger partial charge in [-0.1, -0.05) is 29.8 Å². The van der Waals surface area contributed by atoms with Gasteiger partial charge in [0.15, 0.2) is 13.2 Å². The molecule has 0 heterocycles. The fourth-order valence-corrected chi connectivity index (χ4v) is 2.35. The summed E-state index contributed by atoms with van der Waals surface area (Å²) in [7, 11) is 0. The lowest BCUT2D eigenvalue weighted by molar-refractivity contribution is -0.149. The number of ether oxygens (including phenoxy) is 2. The standard InChI is InChI=1S/C17H15BrClNO4/c1-11-6-7-13(19)15(8-11)23-10-17(22)24-9-16(21)20-14-5-3-2-4-12(14)18/h2-8H,9-10H2,1H3,(H,20,21). The minimum atomic E-state index is -0.658. The lowest BCUT2D eigenvalue weighted by Gasteiger charge is -2.10. The van der Waals surface area contributed by atoms with Gasteiger partial charge in [-0.05, 0) is 52.7 Å². The van der Waals surface area contributed by atoms with Crippen LogP contribution in [0.25, 0.3) is 0 Å². The smallest absolute Gasteiger partial charge is 0.344 e. The van der Waals surface area contributed by atoms with Crippen LogP contribution in [-0.4, -0.2) is 25.1 Å². The quantitative estimate of drug-likeness (QED) is 0.729. The summed E-state index contributed by atoms with van der Waals surface area (Å²) in [6.07, 6.45) is 0. The number of halogens is 2. The minimum absolute atomic E-state index is 0.328. The Kier molecular flexibility index (Phi) is 6.63. The van der Waals surface area contributed by atoms with Gasteiger partial charge in [-0.2, -0.15) is 0 Å². The third kappa shape index (κ3) is 5.54. The van der Waals surface area contributed by atoms with Gasteiger partial charge in [-0.15, -0.1) is 0 Å². The highest BCUT2D eigenvalue weighted by atomic mass is 79.9. The van der Waals surface area contributed by atoms with Gasteiger partial charge < -0.3 is 14.8 Å². The van der Waals surface area contributed by atoms with Gasteiger partial charge in [0.1, 0.15) is 5.75 Å². The molecular formula is C17H15BrClNO4. The monoisotopic (exact) mass is 411 g/mol. The van der Waals surface area contributed by atoms with Gasteiger partial charge in [-0.25, -0.2) is 4.79 Å². The minimum Gasteiger partial charge on any atom is -0.480 e. The highest BCUT2D eigenvalue weighted by molar-refractivity contribution is 9.10. The maximum Gasteiger partial charge on any atom is 0.344 e. The Morgan fingerprint density at radius 2 is 1.92 bits per heavy atom. The van der Waals surface area contributed by atoms with E-state index in [1.807, 2.05) is 19.1 Å². The van der Waals surface area contributed by atoms with Crippen LogP contribution in [-0.2, 0) is 14.3 Å². The number of aryl methyl sites for hydroxylation is 1. The van der Waals surface area contributed by atoms with Crippen molar-refractivity contribution in [2.45, 2.75) is 6.92 Å². The van der Waals surface area contributed by atoms with Crippen molar-refractivity contribution in [3.63, 3.8) is 0 Å². The van der Waals surface area contributed by atoms with Crippen LogP contribution in [0.5, 0.6) is 5.75 Å². The van der Waals surface area contributed by atoms with Gasteiger partial charge >= 0.3 is 5.97 Å². The molecule has 0 spiro atoms. The van der Waals surface area contributed by atoms with Crippen LogP contribution >= 0.6 is 27.5 Å². The van der Waals surface area contributed by atoms with Crippen molar-refractivity contribution in [3.8, 4) is 5.75 Å². The molecule has 5 nitrogen and oxygen atoms in total. The Labute approximate surface area is 153 Å². The van der Waals surface area contributed by atoms with Crippen molar-refractivity contribution in [1.29, 1.82) is 0 Å². The molecule has 0 aliphatic rings. The summed E-state index contributed by atoms with van der Waals surface area (Å²) >= 11 is 9.28. The zero-order chi connectivity index (χ0) is 17.5. The molecule has 2 aromatic carbocycles. The summed E-state index contributed by atoms with van der Waals surface area (Å²) in [5, 5.41) is 3.03. The molecule has 0 aliphatic heterocycles. The van der Waals surface area contributed by atoms with E-state index in [0.29, 0.717) is 16.5 Å². The third-order valence-electron chi connectivity index (χ3n) is 2.94. The van der Waals surface area contributed by atoms with E-state index < -0.39 is 18.5 Å². The van der Waals surface area contributed by atoms with Crippen molar-refractivity contribution in [2.75, 3.05) is 18.5 Å². The number of carbonyl (C=O) groups excluding carboxylic acids is 2. The molecule has 0 saturated heterocycles. The Balaban J connectivity index is 1.77. The molecule has 7 heteroatoms. The Hall–Kier alpha value is -2.05. The number of amides is 1. The van der Waals surface area contributed by atoms with E-state index in [1.54, 1.807) is 30.3 Å². The molecule has 0 radical (unpaired) electrons. The zero-order valence-corrected chi connectivity index (χ0v) is 15.2. The molecule has 2 rings (SSSR count). The van der Waals surface area contributed by atoms with E-state index in [9.17, 15) is 9.59 Å². The summed E-state index contributed by atoms with van der Waals surface area (Å²) in [5.74, 6) is -0.704. The van der Waals surface area contributed by atoms with Crippen LogP contribution in [0.2, 0.25) is 5.02 Å². The van der Waals surface area contributed by atoms with Crippen LogP contribution in [0.15, 0.2) is 46.9 Å². The highest BCUT2D eigenvalue weighted by Gasteiger charge is 2.11. The number of hydrogen-bond acceptors (Lipinski definition) is 4. The van der Waals surface area contributed by atoms with Gasteiger partial charge in [-0.3, -0.25) is 4.79 Å². The molecule has 0 unspecified atom stereocenters. The summed E-state index contributed by atoms with van der Waals surface area (Å²) < 4.78 is 10.9. The highest BCUT2D eigenvalue weighted by Crippen LogP contribution is 2.25. The van der Waals surface area contributed by atoms with Crippen molar-refractivity contribution in [3.05, 3.63) is 57.5 Å². The first-order valence-electron chi connectivity index (χ1n) is 7.04. The fraction of sp³-hybridized carbons (Fsp3) is 0.176. The molecule has 0 aromatic heterocycles. The lowest BCUT2D eigenvalue weighted by Crippen LogP contribution is -2.23. The molecule has 0 aliphatic carbocycles. The summed E-state index contributed by atoms with van der Waals surface area (Å²) in [6, 6.07) is 12.4. The third-order valence-corrected chi connectivity index (χ3v) is 3.95. The Morgan fingerprint density at radius 3 is 2.67 bits per heavy atom. The van der Waals surface area contributed by atoms with Gasteiger partial charge in [0.25, 0.3) is 5.91 Å². The van der Waals surface area contributed by atoms with E-state index in [4.69, 9.17) is 21.1 Å². The number of para-hydroxylation sites is 1. The maximum atomic E-state index is 11.8. The van der Waals surface area contributed by atoms with Crippen molar-refractivity contribution >= 4 is 45.1 Å². The number of rotatable bonds is 6. The van der Waals surface area contributed by atoms with Crippen LogP contribution < -0.4 is 10.1 Å². The van der Waals surface area contributed by atoms with Crippen LogP contribution in [0.4, 0.5) is 5.69 Å². The second-order valence-corrected chi connectivity index (χ2v) is 6.17. The number of benzene rings is 2. The first-order valence-corrected chi connectivity index (χ1v) is 8.22. The SMILES string of the molecule is Cc1ccc(Cl)c(OCC(=O)OCC(=O)Nc2ccccc2Br)c1.